The molecule has 1 aromatic carbocycles. The monoisotopic (exact) mass is 340 g/mol. The van der Waals surface area contributed by atoms with Crippen LogP contribution in [0.25, 0.3) is 0 Å². The van der Waals surface area contributed by atoms with Gasteiger partial charge in [-0.05, 0) is 39.5 Å². The second kappa shape index (κ2) is 6.45. The maximum Gasteiger partial charge on any atom is 0.138 e. The molecule has 1 atom stereocenters. The van der Waals surface area contributed by atoms with Crippen molar-refractivity contribution in [3.63, 3.8) is 0 Å². The normalized spacial score (nSPS) is 12.9. The third-order valence-electron chi connectivity index (χ3n) is 3.01. The SMILES string of the molecule is CC(C)Cn1ncnc1CC(N)c1ccc(Br)c(F)c1. The summed E-state index contributed by atoms with van der Waals surface area (Å²) < 4.78 is 15.8. The number of rotatable bonds is 5. The molecule has 1 aromatic heterocycles. The number of halogens is 2. The van der Waals surface area contributed by atoms with Gasteiger partial charge in [0.15, 0.2) is 0 Å². The zero-order valence-electron chi connectivity index (χ0n) is 11.6. The third kappa shape index (κ3) is 3.64. The van der Waals surface area contributed by atoms with Gasteiger partial charge in [-0.2, -0.15) is 5.10 Å². The Bertz CT molecular complexity index is 582. The van der Waals surface area contributed by atoms with Crippen LogP contribution in [0.1, 0.15) is 31.3 Å². The number of aromatic nitrogens is 3. The lowest BCUT2D eigenvalue weighted by Gasteiger charge is -2.14. The highest BCUT2D eigenvalue weighted by molar-refractivity contribution is 9.10. The predicted molar refractivity (Wildman–Crippen MR) is 79.6 cm³/mol. The fraction of sp³-hybridized carbons (Fsp3) is 0.429. The number of hydrogen-bond donors (Lipinski definition) is 1. The van der Waals surface area contributed by atoms with E-state index in [4.69, 9.17) is 5.73 Å². The summed E-state index contributed by atoms with van der Waals surface area (Å²) in [6.07, 6.45) is 2.07. The van der Waals surface area contributed by atoms with Crippen molar-refractivity contribution in [1.82, 2.24) is 14.8 Å². The number of nitrogens with zero attached hydrogens (tertiary/aromatic N) is 3. The van der Waals surface area contributed by atoms with Crippen molar-refractivity contribution >= 4 is 15.9 Å². The zero-order valence-corrected chi connectivity index (χ0v) is 13.1. The van der Waals surface area contributed by atoms with E-state index < -0.39 is 0 Å². The molecule has 0 fully saturated rings. The molecule has 4 nitrogen and oxygen atoms in total. The van der Waals surface area contributed by atoms with E-state index in [9.17, 15) is 4.39 Å². The van der Waals surface area contributed by atoms with Crippen molar-refractivity contribution < 1.29 is 4.39 Å². The summed E-state index contributed by atoms with van der Waals surface area (Å²) in [6, 6.07) is 4.65. The van der Waals surface area contributed by atoms with Crippen molar-refractivity contribution in [2.24, 2.45) is 11.7 Å². The third-order valence-corrected chi connectivity index (χ3v) is 3.65. The topological polar surface area (TPSA) is 56.7 Å². The second-order valence-electron chi connectivity index (χ2n) is 5.24. The highest BCUT2D eigenvalue weighted by atomic mass is 79.9. The Hall–Kier alpha value is -1.27. The molecule has 108 valence electrons. The van der Waals surface area contributed by atoms with E-state index in [1.807, 2.05) is 10.7 Å². The van der Waals surface area contributed by atoms with Crippen molar-refractivity contribution in [3.8, 4) is 0 Å². The van der Waals surface area contributed by atoms with Gasteiger partial charge in [0.1, 0.15) is 18.0 Å². The summed E-state index contributed by atoms with van der Waals surface area (Å²) in [4.78, 5) is 4.24. The Balaban J connectivity index is 2.13. The Labute approximate surface area is 126 Å². The summed E-state index contributed by atoms with van der Waals surface area (Å²) in [5, 5.41) is 4.20. The van der Waals surface area contributed by atoms with Gasteiger partial charge in [-0.25, -0.2) is 14.1 Å². The minimum atomic E-state index is -0.304. The molecule has 2 aromatic rings. The minimum absolute atomic E-state index is 0.298. The van der Waals surface area contributed by atoms with Gasteiger partial charge in [-0.1, -0.05) is 19.9 Å². The fourth-order valence-electron chi connectivity index (χ4n) is 2.00. The zero-order chi connectivity index (χ0) is 14.7. The molecular weight excluding hydrogens is 323 g/mol. The lowest BCUT2D eigenvalue weighted by atomic mass is 10.0. The fourth-order valence-corrected chi connectivity index (χ4v) is 2.25. The molecule has 0 radical (unpaired) electrons. The van der Waals surface area contributed by atoms with Crippen LogP contribution < -0.4 is 5.73 Å². The average molecular weight is 341 g/mol. The van der Waals surface area contributed by atoms with E-state index >= 15 is 0 Å². The number of benzene rings is 1. The predicted octanol–water partition coefficient (Wildman–Crippen LogP) is 3.08. The van der Waals surface area contributed by atoms with Gasteiger partial charge in [0.05, 0.1) is 4.47 Å². The van der Waals surface area contributed by atoms with Gasteiger partial charge in [0.25, 0.3) is 0 Å². The molecule has 0 spiro atoms. The van der Waals surface area contributed by atoms with Crippen LogP contribution in [0.3, 0.4) is 0 Å². The van der Waals surface area contributed by atoms with E-state index in [-0.39, 0.29) is 11.9 Å². The van der Waals surface area contributed by atoms with Crippen molar-refractivity contribution in [2.75, 3.05) is 0 Å². The highest BCUT2D eigenvalue weighted by Crippen LogP contribution is 2.21. The van der Waals surface area contributed by atoms with Gasteiger partial charge < -0.3 is 5.73 Å². The molecule has 1 unspecified atom stereocenters. The van der Waals surface area contributed by atoms with Crippen LogP contribution in [0.15, 0.2) is 29.0 Å². The first-order chi connectivity index (χ1) is 9.47. The smallest absolute Gasteiger partial charge is 0.138 e. The van der Waals surface area contributed by atoms with Crippen molar-refractivity contribution in [3.05, 3.63) is 46.2 Å². The highest BCUT2D eigenvalue weighted by Gasteiger charge is 2.14. The van der Waals surface area contributed by atoms with Gasteiger partial charge in [0.2, 0.25) is 0 Å². The lowest BCUT2D eigenvalue weighted by Crippen LogP contribution is -2.18. The Morgan fingerprint density at radius 3 is 2.80 bits per heavy atom. The Morgan fingerprint density at radius 2 is 2.15 bits per heavy atom. The van der Waals surface area contributed by atoms with E-state index in [1.54, 1.807) is 6.07 Å². The molecule has 20 heavy (non-hydrogen) atoms. The minimum Gasteiger partial charge on any atom is -0.324 e. The van der Waals surface area contributed by atoms with Gasteiger partial charge in [-0.15, -0.1) is 0 Å². The maximum absolute atomic E-state index is 13.5. The van der Waals surface area contributed by atoms with Crippen LogP contribution >= 0.6 is 15.9 Å². The van der Waals surface area contributed by atoms with E-state index in [0.717, 1.165) is 17.9 Å². The molecule has 2 N–H and O–H groups in total. The first-order valence-corrected chi connectivity index (χ1v) is 7.34. The summed E-state index contributed by atoms with van der Waals surface area (Å²) in [5.41, 5.74) is 6.90. The Kier molecular flexibility index (Phi) is 4.88. The van der Waals surface area contributed by atoms with Gasteiger partial charge in [-0.3, -0.25) is 0 Å². The molecule has 0 bridgehead atoms. The molecule has 0 amide bonds. The Morgan fingerprint density at radius 1 is 1.40 bits per heavy atom. The van der Waals surface area contributed by atoms with Crippen LogP contribution in [-0.4, -0.2) is 14.8 Å². The molecular formula is C14H18BrFN4. The molecule has 0 aliphatic rings. The van der Waals surface area contributed by atoms with Gasteiger partial charge in [0, 0.05) is 19.0 Å². The largest absolute Gasteiger partial charge is 0.324 e. The number of nitrogens with two attached hydrogens (primary N) is 1. The van der Waals surface area contributed by atoms with Crippen LogP contribution in [0, 0.1) is 11.7 Å². The summed E-state index contributed by atoms with van der Waals surface area (Å²) in [6.45, 7) is 5.04. The molecule has 0 saturated heterocycles. The standard InChI is InChI=1S/C14H18BrFN4/c1-9(2)7-20-14(18-8-19-20)6-13(17)10-3-4-11(15)12(16)5-10/h3-5,8-9,13H,6-7,17H2,1-2H3. The molecule has 2 rings (SSSR count). The molecule has 0 aliphatic heterocycles. The van der Waals surface area contributed by atoms with Crippen LogP contribution in [0.4, 0.5) is 4.39 Å². The molecule has 6 heteroatoms. The van der Waals surface area contributed by atoms with Gasteiger partial charge >= 0.3 is 0 Å². The summed E-state index contributed by atoms with van der Waals surface area (Å²) >= 11 is 3.14. The van der Waals surface area contributed by atoms with E-state index in [2.05, 4.69) is 39.9 Å². The summed E-state index contributed by atoms with van der Waals surface area (Å²) in [7, 11) is 0. The van der Waals surface area contributed by atoms with E-state index in [0.29, 0.717) is 16.8 Å². The molecule has 0 aliphatic carbocycles. The van der Waals surface area contributed by atoms with Crippen LogP contribution in [0.2, 0.25) is 0 Å². The van der Waals surface area contributed by atoms with Crippen molar-refractivity contribution in [2.45, 2.75) is 32.9 Å². The van der Waals surface area contributed by atoms with E-state index in [1.165, 1.54) is 12.4 Å². The van der Waals surface area contributed by atoms with Crippen LogP contribution in [-0.2, 0) is 13.0 Å². The van der Waals surface area contributed by atoms with Crippen molar-refractivity contribution in [1.29, 1.82) is 0 Å². The number of hydrogen-bond acceptors (Lipinski definition) is 3. The lowest BCUT2D eigenvalue weighted by molar-refractivity contribution is 0.459. The van der Waals surface area contributed by atoms with Crippen LogP contribution in [0.5, 0.6) is 0 Å². The quantitative estimate of drug-likeness (QED) is 0.909. The maximum atomic E-state index is 13.5. The first-order valence-electron chi connectivity index (χ1n) is 6.54. The molecule has 0 saturated carbocycles. The average Bonchev–Trinajstić information content (AvgIpc) is 2.79. The molecule has 1 heterocycles. The first kappa shape index (κ1) is 15.1. The summed E-state index contributed by atoms with van der Waals surface area (Å²) in [5.74, 6) is 1.01. The second-order valence-corrected chi connectivity index (χ2v) is 6.09.